The average molecular weight is 537 g/mol. The van der Waals surface area contributed by atoms with Gasteiger partial charge in [-0.05, 0) is 23.0 Å². The molecule has 0 saturated carbocycles. The van der Waals surface area contributed by atoms with Crippen LogP contribution in [0.25, 0.3) is 21.9 Å². The first-order chi connectivity index (χ1) is 12.0. The number of nitrogens with zero attached hydrogens (tertiary/aromatic N) is 3. The maximum Gasteiger partial charge on any atom is 0.109 e. The van der Waals surface area contributed by atoms with E-state index in [-0.39, 0.29) is 27.5 Å². The van der Waals surface area contributed by atoms with Crippen LogP contribution in [0, 0.1) is 12.6 Å². The van der Waals surface area contributed by atoms with E-state index < -0.39 is 0 Å². The molecule has 0 aliphatic rings. The molecular formula is C23H26IrN3-. The molecule has 0 unspecified atom stereocenters. The predicted octanol–water partition coefficient (Wildman–Crippen LogP) is 6.77. The number of aromatic nitrogens is 2. The molecule has 0 atom stereocenters. The summed E-state index contributed by atoms with van der Waals surface area (Å²) in [6.45, 7) is 16.1. The van der Waals surface area contributed by atoms with Crippen LogP contribution in [0.2, 0.25) is 0 Å². The van der Waals surface area contributed by atoms with Gasteiger partial charge in [0.2, 0.25) is 0 Å². The van der Waals surface area contributed by atoms with E-state index in [1.54, 1.807) is 12.1 Å². The van der Waals surface area contributed by atoms with Crippen molar-refractivity contribution in [3.8, 4) is 17.1 Å². The minimum Gasteiger partial charge on any atom is -0.340 e. The summed E-state index contributed by atoms with van der Waals surface area (Å²) in [6.07, 6.45) is 3.82. The zero-order valence-electron chi connectivity index (χ0n) is 15.4. The normalized spacial score (nSPS) is 10.3. The Morgan fingerprint density at radius 3 is 2.26 bits per heavy atom. The summed E-state index contributed by atoms with van der Waals surface area (Å²) in [5.41, 5.74) is 5.23. The second-order valence-corrected chi connectivity index (χ2v) is 6.79. The minimum absolute atomic E-state index is 0. The Hall–Kier alpha value is -2.21. The maximum absolute atomic E-state index is 7.25. The predicted molar refractivity (Wildman–Crippen MR) is 109 cm³/mol. The molecule has 0 amide bonds. The molecule has 3 nitrogen and oxygen atoms in total. The van der Waals surface area contributed by atoms with E-state index in [1.807, 2.05) is 18.5 Å². The largest absolute Gasteiger partial charge is 0.340 e. The molecule has 4 heteroatoms. The van der Waals surface area contributed by atoms with Crippen molar-refractivity contribution >= 4 is 5.69 Å². The number of hydrogen-bond acceptors (Lipinski definition) is 1. The number of imidazole rings is 1. The summed E-state index contributed by atoms with van der Waals surface area (Å²) in [7, 11) is 0. The number of para-hydroxylation sites is 1. The first-order valence-electron chi connectivity index (χ1n) is 8.59. The second-order valence-electron chi connectivity index (χ2n) is 6.79. The fraction of sp³-hybridized carbons (Fsp3) is 0.304. The SMILES string of the molecule is C.[C-]#[N+]c1cc[c-]c(-c2nccn2-c2c(C(C)C)cccc2C(C)C)c1.[Ir]. The van der Waals surface area contributed by atoms with Crippen molar-refractivity contribution in [3.05, 3.63) is 77.4 Å². The molecular weight excluding hydrogens is 510 g/mol. The minimum atomic E-state index is 0. The molecule has 0 spiro atoms. The molecule has 0 saturated heterocycles. The van der Waals surface area contributed by atoms with Gasteiger partial charge in [0.1, 0.15) is 5.69 Å². The van der Waals surface area contributed by atoms with Crippen LogP contribution < -0.4 is 0 Å². The standard InChI is InChI=1S/C22H22N3.CH4.Ir/c1-15(2)19-10-7-11-20(16(3)4)21(19)25-13-12-24-22(25)17-8-6-9-18(14-17)23-5;;/h6-7,9-16H,1-4H3;1H4;/q-1;;. The first-order valence-corrected chi connectivity index (χ1v) is 8.59. The molecule has 0 fully saturated rings. The Morgan fingerprint density at radius 2 is 1.70 bits per heavy atom. The van der Waals surface area contributed by atoms with Crippen molar-refractivity contribution < 1.29 is 20.1 Å². The van der Waals surface area contributed by atoms with Crippen LogP contribution in [0.4, 0.5) is 5.69 Å². The molecule has 27 heavy (non-hydrogen) atoms. The average Bonchev–Trinajstić information content (AvgIpc) is 3.10. The Morgan fingerprint density at radius 1 is 1.07 bits per heavy atom. The van der Waals surface area contributed by atoms with Gasteiger partial charge in [0, 0.05) is 38.2 Å². The number of hydrogen-bond donors (Lipinski definition) is 0. The summed E-state index contributed by atoms with van der Waals surface area (Å²) < 4.78 is 2.14. The molecule has 0 bridgehead atoms. The van der Waals surface area contributed by atoms with E-state index in [9.17, 15) is 0 Å². The van der Waals surface area contributed by atoms with Gasteiger partial charge < -0.3 is 4.57 Å². The second kappa shape index (κ2) is 9.65. The molecule has 3 aromatic rings. The van der Waals surface area contributed by atoms with Crippen molar-refractivity contribution in [1.82, 2.24) is 9.55 Å². The molecule has 0 aliphatic heterocycles. The molecule has 143 valence electrons. The van der Waals surface area contributed by atoms with Gasteiger partial charge in [-0.1, -0.05) is 53.3 Å². The van der Waals surface area contributed by atoms with Crippen molar-refractivity contribution in [2.24, 2.45) is 0 Å². The third-order valence-corrected chi connectivity index (χ3v) is 4.38. The fourth-order valence-electron chi connectivity index (χ4n) is 3.13. The van der Waals surface area contributed by atoms with E-state index in [2.05, 4.69) is 66.4 Å². The van der Waals surface area contributed by atoms with Gasteiger partial charge in [0.05, 0.1) is 12.4 Å². The fourth-order valence-corrected chi connectivity index (χ4v) is 3.13. The van der Waals surface area contributed by atoms with Crippen LogP contribution >= 0.6 is 0 Å². The van der Waals surface area contributed by atoms with E-state index >= 15 is 0 Å². The van der Waals surface area contributed by atoms with Crippen molar-refractivity contribution in [2.45, 2.75) is 47.0 Å². The van der Waals surface area contributed by atoms with Crippen molar-refractivity contribution in [3.63, 3.8) is 0 Å². The molecule has 1 heterocycles. The Balaban J connectivity index is 0.00000182. The number of rotatable bonds is 4. The molecule has 2 aromatic carbocycles. The zero-order valence-corrected chi connectivity index (χ0v) is 17.8. The van der Waals surface area contributed by atoms with Crippen molar-refractivity contribution in [2.75, 3.05) is 0 Å². The van der Waals surface area contributed by atoms with Crippen LogP contribution in [-0.2, 0) is 20.1 Å². The Kier molecular flexibility index (Phi) is 8.16. The topological polar surface area (TPSA) is 22.2 Å². The summed E-state index contributed by atoms with van der Waals surface area (Å²) in [6, 6.07) is 15.1. The van der Waals surface area contributed by atoms with Gasteiger partial charge in [-0.2, -0.15) is 6.07 Å². The van der Waals surface area contributed by atoms with Gasteiger partial charge in [0.25, 0.3) is 0 Å². The van der Waals surface area contributed by atoms with E-state index in [0.717, 1.165) is 11.4 Å². The van der Waals surface area contributed by atoms with Crippen LogP contribution in [0.3, 0.4) is 0 Å². The van der Waals surface area contributed by atoms with Crippen LogP contribution in [-0.4, -0.2) is 9.55 Å². The summed E-state index contributed by atoms with van der Waals surface area (Å²) in [5.74, 6) is 1.63. The molecule has 0 N–H and O–H groups in total. The zero-order chi connectivity index (χ0) is 18.0. The van der Waals surface area contributed by atoms with Crippen molar-refractivity contribution in [1.29, 1.82) is 0 Å². The summed E-state index contributed by atoms with van der Waals surface area (Å²) >= 11 is 0. The molecule has 0 aliphatic carbocycles. The summed E-state index contributed by atoms with van der Waals surface area (Å²) in [5, 5.41) is 0. The molecule has 1 radical (unpaired) electrons. The summed E-state index contributed by atoms with van der Waals surface area (Å²) in [4.78, 5) is 8.10. The van der Waals surface area contributed by atoms with Gasteiger partial charge in [0.15, 0.2) is 0 Å². The van der Waals surface area contributed by atoms with E-state index in [0.29, 0.717) is 17.5 Å². The van der Waals surface area contributed by atoms with Gasteiger partial charge in [-0.15, -0.1) is 23.8 Å². The molecule has 1 aromatic heterocycles. The third-order valence-electron chi connectivity index (χ3n) is 4.38. The van der Waals surface area contributed by atoms with Gasteiger partial charge >= 0.3 is 0 Å². The molecule has 3 rings (SSSR count). The van der Waals surface area contributed by atoms with Crippen LogP contribution in [0.1, 0.15) is 58.1 Å². The van der Waals surface area contributed by atoms with E-state index in [4.69, 9.17) is 6.57 Å². The maximum atomic E-state index is 7.25. The van der Waals surface area contributed by atoms with Crippen LogP contribution in [0.5, 0.6) is 0 Å². The van der Waals surface area contributed by atoms with E-state index in [1.165, 1.54) is 16.8 Å². The Labute approximate surface area is 176 Å². The quantitative estimate of drug-likeness (QED) is 0.337. The monoisotopic (exact) mass is 537 g/mol. The van der Waals surface area contributed by atoms with Gasteiger partial charge in [-0.3, -0.25) is 9.83 Å². The first kappa shape index (κ1) is 22.8. The smallest absolute Gasteiger partial charge is 0.109 e. The van der Waals surface area contributed by atoms with Gasteiger partial charge in [-0.25, -0.2) is 0 Å². The van der Waals surface area contributed by atoms with Crippen LogP contribution in [0.15, 0.2) is 48.8 Å². The third kappa shape index (κ3) is 4.56. The Bertz CT molecular complexity index is 907. The number of benzene rings is 2.